The standard InChI is InChI=1S/C15H20N6O2/c1-20(2)7-11-8-21(15-17-4-3-5-18-15)9-12(11)19-14(22)13-6-16-10-23-13/h3-6,10-12H,7-9H2,1-2H3,(H,19,22)/t11-,12-/m1/s1. The largest absolute Gasteiger partial charge is 0.438 e. The van der Waals surface area contributed by atoms with E-state index in [9.17, 15) is 4.79 Å². The van der Waals surface area contributed by atoms with Gasteiger partial charge in [-0.15, -0.1) is 0 Å². The predicted molar refractivity (Wildman–Crippen MR) is 84.0 cm³/mol. The highest BCUT2D eigenvalue weighted by atomic mass is 16.3. The second-order valence-electron chi connectivity index (χ2n) is 5.92. The van der Waals surface area contributed by atoms with E-state index in [-0.39, 0.29) is 23.6 Å². The lowest BCUT2D eigenvalue weighted by molar-refractivity contribution is 0.0900. The lowest BCUT2D eigenvalue weighted by atomic mass is 10.0. The maximum atomic E-state index is 12.2. The first-order valence-corrected chi connectivity index (χ1v) is 7.49. The Bertz CT molecular complexity index is 631. The van der Waals surface area contributed by atoms with E-state index in [1.807, 2.05) is 14.1 Å². The van der Waals surface area contributed by atoms with Gasteiger partial charge in [-0.25, -0.2) is 15.0 Å². The summed E-state index contributed by atoms with van der Waals surface area (Å²) in [4.78, 5) is 28.8. The van der Waals surface area contributed by atoms with Crippen LogP contribution in [0.2, 0.25) is 0 Å². The van der Waals surface area contributed by atoms with Crippen LogP contribution in [0.15, 0.2) is 35.5 Å². The minimum absolute atomic E-state index is 0.00111. The molecule has 1 aliphatic rings. The predicted octanol–water partition coefficient (Wildman–Crippen LogP) is 0.261. The van der Waals surface area contributed by atoms with Crippen molar-refractivity contribution in [3.63, 3.8) is 0 Å². The summed E-state index contributed by atoms with van der Waals surface area (Å²) in [5.74, 6) is 0.948. The van der Waals surface area contributed by atoms with Gasteiger partial charge in [0.25, 0.3) is 5.91 Å². The van der Waals surface area contributed by atoms with Crippen LogP contribution in [0.4, 0.5) is 5.95 Å². The van der Waals surface area contributed by atoms with E-state index in [1.54, 1.807) is 18.5 Å². The third-order valence-corrected chi connectivity index (χ3v) is 3.85. The van der Waals surface area contributed by atoms with Crippen molar-refractivity contribution < 1.29 is 9.21 Å². The van der Waals surface area contributed by atoms with E-state index in [1.165, 1.54) is 12.6 Å². The molecular weight excluding hydrogens is 296 g/mol. The molecule has 1 N–H and O–H groups in total. The number of carbonyl (C=O) groups is 1. The molecule has 1 fully saturated rings. The summed E-state index contributed by atoms with van der Waals surface area (Å²) in [5.41, 5.74) is 0. The van der Waals surface area contributed by atoms with Crippen molar-refractivity contribution in [3.8, 4) is 0 Å². The molecule has 2 aromatic rings. The zero-order chi connectivity index (χ0) is 16.2. The summed E-state index contributed by atoms with van der Waals surface area (Å²) >= 11 is 0. The average Bonchev–Trinajstić information content (AvgIpc) is 3.18. The topological polar surface area (TPSA) is 87.4 Å². The molecule has 8 heteroatoms. The number of hydrogen-bond acceptors (Lipinski definition) is 7. The summed E-state index contributed by atoms with van der Waals surface area (Å²) < 4.78 is 5.06. The van der Waals surface area contributed by atoms with E-state index < -0.39 is 0 Å². The van der Waals surface area contributed by atoms with Crippen molar-refractivity contribution in [1.82, 2.24) is 25.2 Å². The van der Waals surface area contributed by atoms with Crippen LogP contribution in [0.1, 0.15) is 10.6 Å². The Morgan fingerprint density at radius 3 is 2.83 bits per heavy atom. The highest BCUT2D eigenvalue weighted by Crippen LogP contribution is 2.22. The third-order valence-electron chi connectivity index (χ3n) is 3.85. The van der Waals surface area contributed by atoms with E-state index in [4.69, 9.17) is 4.42 Å². The van der Waals surface area contributed by atoms with Crippen molar-refractivity contribution in [2.24, 2.45) is 5.92 Å². The Kier molecular flexibility index (Phi) is 4.52. The van der Waals surface area contributed by atoms with Gasteiger partial charge in [0, 0.05) is 37.9 Å². The van der Waals surface area contributed by atoms with Gasteiger partial charge in [0.05, 0.1) is 12.2 Å². The fourth-order valence-electron chi connectivity index (χ4n) is 2.87. The first-order chi connectivity index (χ1) is 11.1. The van der Waals surface area contributed by atoms with Gasteiger partial charge in [-0.2, -0.15) is 0 Å². The SMILES string of the molecule is CN(C)C[C@@H]1CN(c2ncccn2)C[C@H]1NC(=O)c1cnco1. The molecule has 0 unspecified atom stereocenters. The zero-order valence-electron chi connectivity index (χ0n) is 13.2. The normalized spacial score (nSPS) is 20.9. The molecule has 0 spiro atoms. The minimum atomic E-state index is -0.243. The van der Waals surface area contributed by atoms with Crippen molar-refractivity contribution in [2.75, 3.05) is 38.6 Å². The summed E-state index contributed by atoms with van der Waals surface area (Å²) in [7, 11) is 4.05. The van der Waals surface area contributed by atoms with E-state index in [2.05, 4.69) is 30.1 Å². The summed E-state index contributed by atoms with van der Waals surface area (Å²) in [5, 5.41) is 3.04. The fourth-order valence-corrected chi connectivity index (χ4v) is 2.87. The van der Waals surface area contributed by atoms with Crippen LogP contribution in [0.5, 0.6) is 0 Å². The van der Waals surface area contributed by atoms with E-state index in [0.29, 0.717) is 12.5 Å². The molecule has 0 saturated carbocycles. The summed E-state index contributed by atoms with van der Waals surface area (Å²) in [6.07, 6.45) is 6.13. The van der Waals surface area contributed by atoms with Crippen LogP contribution in [-0.2, 0) is 0 Å². The molecule has 3 rings (SSSR count). The number of rotatable bonds is 5. The van der Waals surface area contributed by atoms with Gasteiger partial charge in [0.15, 0.2) is 6.39 Å². The van der Waals surface area contributed by atoms with Crippen molar-refractivity contribution in [3.05, 3.63) is 36.8 Å². The number of aromatic nitrogens is 3. The number of carbonyl (C=O) groups excluding carboxylic acids is 1. The molecule has 122 valence electrons. The van der Waals surface area contributed by atoms with Gasteiger partial charge in [0.2, 0.25) is 11.7 Å². The van der Waals surface area contributed by atoms with Crippen molar-refractivity contribution in [1.29, 1.82) is 0 Å². The Morgan fingerprint density at radius 2 is 2.17 bits per heavy atom. The van der Waals surface area contributed by atoms with Crippen LogP contribution >= 0.6 is 0 Å². The lowest BCUT2D eigenvalue weighted by Crippen LogP contribution is -2.43. The van der Waals surface area contributed by atoms with Gasteiger partial charge in [-0.3, -0.25) is 4.79 Å². The van der Waals surface area contributed by atoms with E-state index >= 15 is 0 Å². The molecule has 1 aliphatic heterocycles. The van der Waals surface area contributed by atoms with E-state index in [0.717, 1.165) is 13.1 Å². The lowest BCUT2D eigenvalue weighted by Gasteiger charge is -2.22. The van der Waals surface area contributed by atoms with Crippen LogP contribution in [0.3, 0.4) is 0 Å². The average molecular weight is 316 g/mol. The van der Waals surface area contributed by atoms with Gasteiger partial charge >= 0.3 is 0 Å². The zero-order valence-corrected chi connectivity index (χ0v) is 13.2. The highest BCUT2D eigenvalue weighted by Gasteiger charge is 2.35. The van der Waals surface area contributed by atoms with Crippen molar-refractivity contribution >= 4 is 11.9 Å². The summed E-state index contributed by atoms with van der Waals surface area (Å²) in [6.45, 7) is 2.33. The van der Waals surface area contributed by atoms with Gasteiger partial charge in [-0.1, -0.05) is 0 Å². The number of oxazole rings is 1. The second kappa shape index (κ2) is 6.74. The summed E-state index contributed by atoms with van der Waals surface area (Å²) in [6, 6.07) is 1.79. The molecule has 0 radical (unpaired) electrons. The molecule has 0 aliphatic carbocycles. The fraction of sp³-hybridized carbons (Fsp3) is 0.467. The monoisotopic (exact) mass is 316 g/mol. The molecular formula is C15H20N6O2. The smallest absolute Gasteiger partial charge is 0.288 e. The Balaban J connectivity index is 1.72. The van der Waals surface area contributed by atoms with Crippen molar-refractivity contribution in [2.45, 2.75) is 6.04 Å². The molecule has 1 amide bonds. The Labute approximate surface area is 134 Å². The van der Waals surface area contributed by atoms with Crippen LogP contribution in [0, 0.1) is 5.92 Å². The number of nitrogens with one attached hydrogen (secondary N) is 1. The first-order valence-electron chi connectivity index (χ1n) is 7.49. The van der Waals surface area contributed by atoms with Gasteiger partial charge in [0.1, 0.15) is 0 Å². The molecule has 1 saturated heterocycles. The molecule has 8 nitrogen and oxygen atoms in total. The third kappa shape index (κ3) is 3.65. The van der Waals surface area contributed by atoms with Crippen LogP contribution < -0.4 is 10.2 Å². The second-order valence-corrected chi connectivity index (χ2v) is 5.92. The quantitative estimate of drug-likeness (QED) is 0.846. The molecule has 2 aromatic heterocycles. The molecule has 23 heavy (non-hydrogen) atoms. The maximum Gasteiger partial charge on any atom is 0.288 e. The Hall–Kier alpha value is -2.48. The molecule has 2 atom stereocenters. The Morgan fingerprint density at radius 1 is 1.39 bits per heavy atom. The first kappa shape index (κ1) is 15.4. The highest BCUT2D eigenvalue weighted by molar-refractivity contribution is 5.91. The van der Waals surface area contributed by atoms with Gasteiger partial charge in [-0.05, 0) is 20.2 Å². The number of nitrogens with zero attached hydrogens (tertiary/aromatic N) is 5. The molecule has 0 aromatic carbocycles. The van der Waals surface area contributed by atoms with Crippen LogP contribution in [-0.4, -0.2) is 65.5 Å². The molecule has 3 heterocycles. The number of anilines is 1. The maximum absolute atomic E-state index is 12.2. The number of amides is 1. The molecule has 0 bridgehead atoms. The minimum Gasteiger partial charge on any atom is -0.438 e. The van der Waals surface area contributed by atoms with Crippen LogP contribution in [0.25, 0.3) is 0 Å². The number of hydrogen-bond donors (Lipinski definition) is 1. The van der Waals surface area contributed by atoms with Gasteiger partial charge < -0.3 is 19.5 Å².